The van der Waals surface area contributed by atoms with E-state index in [0.717, 1.165) is 4.88 Å². The molecule has 2 heterocycles. The molecule has 1 fully saturated rings. The van der Waals surface area contributed by atoms with Crippen molar-refractivity contribution in [2.45, 2.75) is 32.4 Å². The fourth-order valence-electron chi connectivity index (χ4n) is 2.02. The summed E-state index contributed by atoms with van der Waals surface area (Å²) in [6.07, 6.45) is 0.381. The number of rotatable bonds is 2. The number of nitrogens with zero attached hydrogens (tertiary/aromatic N) is 1. The van der Waals surface area contributed by atoms with Gasteiger partial charge in [-0.15, -0.1) is 11.3 Å². The Morgan fingerprint density at radius 2 is 2.29 bits per heavy atom. The molecule has 1 aromatic rings. The van der Waals surface area contributed by atoms with Gasteiger partial charge in [-0.3, -0.25) is 9.59 Å². The van der Waals surface area contributed by atoms with Gasteiger partial charge in [0.2, 0.25) is 11.8 Å². The molecule has 1 saturated heterocycles. The summed E-state index contributed by atoms with van der Waals surface area (Å²) in [7, 11) is 0. The number of hydrogen-bond acceptors (Lipinski definition) is 3. The lowest BCUT2D eigenvalue weighted by Crippen LogP contribution is -2.43. The summed E-state index contributed by atoms with van der Waals surface area (Å²) < 4.78 is 0. The number of hydrogen-bond donors (Lipinski definition) is 1. The third-order valence-corrected chi connectivity index (χ3v) is 4.08. The van der Waals surface area contributed by atoms with Gasteiger partial charge in [-0.05, 0) is 25.3 Å². The third-order valence-electron chi connectivity index (χ3n) is 3.03. The van der Waals surface area contributed by atoms with Crippen LogP contribution in [-0.2, 0) is 9.59 Å². The molecule has 0 bridgehead atoms. The lowest BCUT2D eigenvalue weighted by Gasteiger charge is -2.28. The Morgan fingerprint density at radius 3 is 2.94 bits per heavy atom. The highest BCUT2D eigenvalue weighted by molar-refractivity contribution is 7.10. The summed E-state index contributed by atoms with van der Waals surface area (Å²) in [4.78, 5) is 26.5. The minimum atomic E-state index is -0.424. The molecule has 0 spiro atoms. The quantitative estimate of drug-likeness (QED) is 0.868. The Hall–Kier alpha value is -1.36. The molecule has 92 valence electrons. The lowest BCUT2D eigenvalue weighted by molar-refractivity contribution is -0.134. The highest BCUT2D eigenvalue weighted by atomic mass is 32.1. The van der Waals surface area contributed by atoms with Crippen molar-refractivity contribution in [2.75, 3.05) is 6.54 Å². The maximum Gasteiger partial charge on any atom is 0.245 e. The van der Waals surface area contributed by atoms with Crippen LogP contribution in [0.1, 0.15) is 31.2 Å². The molecule has 1 N–H and O–H groups in total. The average molecular weight is 252 g/mol. The number of thiophene rings is 1. The van der Waals surface area contributed by atoms with E-state index in [-0.39, 0.29) is 17.9 Å². The third kappa shape index (κ3) is 2.49. The highest BCUT2D eigenvalue weighted by Crippen LogP contribution is 2.26. The van der Waals surface area contributed by atoms with Crippen LogP contribution in [0.15, 0.2) is 17.5 Å². The molecule has 1 aliphatic heterocycles. The van der Waals surface area contributed by atoms with Crippen LogP contribution in [0.25, 0.3) is 0 Å². The van der Waals surface area contributed by atoms with Crippen molar-refractivity contribution >= 4 is 23.2 Å². The standard InChI is InChI=1S/C12H16N2O2S/c1-8-12(16)14(6-5-11(15)13-8)9(2)10-4-3-7-17-10/h3-4,7-9H,5-6H2,1-2H3,(H,13,15). The lowest BCUT2D eigenvalue weighted by atomic mass is 10.2. The summed E-state index contributed by atoms with van der Waals surface area (Å²) in [5, 5.41) is 4.70. The molecular weight excluding hydrogens is 236 g/mol. The van der Waals surface area contributed by atoms with Gasteiger partial charge in [0.1, 0.15) is 6.04 Å². The van der Waals surface area contributed by atoms with Crippen LogP contribution in [0.2, 0.25) is 0 Å². The Morgan fingerprint density at radius 1 is 1.53 bits per heavy atom. The Kier molecular flexibility index (Phi) is 3.47. The van der Waals surface area contributed by atoms with Gasteiger partial charge in [-0.1, -0.05) is 6.07 Å². The minimum Gasteiger partial charge on any atom is -0.345 e. The van der Waals surface area contributed by atoms with E-state index in [2.05, 4.69) is 5.32 Å². The molecular formula is C12H16N2O2S. The molecule has 5 heteroatoms. The van der Waals surface area contributed by atoms with Crippen molar-refractivity contribution in [3.63, 3.8) is 0 Å². The first kappa shape index (κ1) is 12.1. The van der Waals surface area contributed by atoms with Gasteiger partial charge in [-0.25, -0.2) is 0 Å². The minimum absolute atomic E-state index is 0.00301. The predicted octanol–water partition coefficient (Wildman–Crippen LogP) is 1.55. The summed E-state index contributed by atoms with van der Waals surface area (Å²) in [5.41, 5.74) is 0. The van der Waals surface area contributed by atoms with Crippen LogP contribution in [0.3, 0.4) is 0 Å². The van der Waals surface area contributed by atoms with Crippen LogP contribution >= 0.6 is 11.3 Å². The van der Waals surface area contributed by atoms with Crippen molar-refractivity contribution in [1.29, 1.82) is 0 Å². The Labute approximate surface area is 105 Å². The second-order valence-electron chi connectivity index (χ2n) is 4.26. The smallest absolute Gasteiger partial charge is 0.245 e. The number of carbonyl (C=O) groups excluding carboxylic acids is 2. The second-order valence-corrected chi connectivity index (χ2v) is 5.24. The van der Waals surface area contributed by atoms with Crippen LogP contribution < -0.4 is 5.32 Å². The zero-order chi connectivity index (χ0) is 12.4. The van der Waals surface area contributed by atoms with E-state index in [1.807, 2.05) is 24.4 Å². The molecule has 0 aromatic carbocycles. The highest BCUT2D eigenvalue weighted by Gasteiger charge is 2.30. The molecule has 2 amide bonds. The number of amides is 2. The summed E-state index contributed by atoms with van der Waals surface area (Å²) in [6.45, 7) is 4.24. The van der Waals surface area contributed by atoms with Crippen molar-refractivity contribution in [3.8, 4) is 0 Å². The van der Waals surface area contributed by atoms with Crippen molar-refractivity contribution in [1.82, 2.24) is 10.2 Å². The molecule has 2 unspecified atom stereocenters. The maximum absolute atomic E-state index is 12.1. The van der Waals surface area contributed by atoms with E-state index in [0.29, 0.717) is 13.0 Å². The summed E-state index contributed by atoms with van der Waals surface area (Å²) in [6, 6.07) is 3.61. The molecule has 2 atom stereocenters. The predicted molar refractivity (Wildman–Crippen MR) is 66.7 cm³/mol. The first-order valence-electron chi connectivity index (χ1n) is 5.73. The van der Waals surface area contributed by atoms with Gasteiger partial charge < -0.3 is 10.2 Å². The van der Waals surface area contributed by atoms with Gasteiger partial charge in [-0.2, -0.15) is 0 Å². The van der Waals surface area contributed by atoms with Gasteiger partial charge in [0.15, 0.2) is 0 Å². The Balaban J connectivity index is 2.19. The normalized spacial score (nSPS) is 23.2. The zero-order valence-corrected chi connectivity index (χ0v) is 10.8. The topological polar surface area (TPSA) is 49.4 Å². The molecule has 1 aromatic heterocycles. The molecule has 0 aliphatic carbocycles. The molecule has 4 nitrogen and oxygen atoms in total. The summed E-state index contributed by atoms with van der Waals surface area (Å²) in [5.74, 6) is -0.0523. The number of carbonyl (C=O) groups is 2. The first-order chi connectivity index (χ1) is 8.09. The van der Waals surface area contributed by atoms with Crippen LogP contribution in [0, 0.1) is 0 Å². The largest absolute Gasteiger partial charge is 0.345 e. The second kappa shape index (κ2) is 4.87. The molecule has 17 heavy (non-hydrogen) atoms. The van der Waals surface area contributed by atoms with E-state index >= 15 is 0 Å². The SMILES string of the molecule is CC1NC(=O)CCN(C(C)c2cccs2)C1=O. The zero-order valence-electron chi connectivity index (χ0n) is 9.97. The molecule has 0 radical (unpaired) electrons. The monoisotopic (exact) mass is 252 g/mol. The Bertz CT molecular complexity index is 416. The fraction of sp³-hybridized carbons (Fsp3) is 0.500. The summed E-state index contributed by atoms with van der Waals surface area (Å²) >= 11 is 1.64. The first-order valence-corrected chi connectivity index (χ1v) is 6.61. The maximum atomic E-state index is 12.1. The van der Waals surface area contributed by atoms with Crippen molar-refractivity contribution < 1.29 is 9.59 Å². The number of nitrogens with one attached hydrogen (secondary N) is 1. The van der Waals surface area contributed by atoms with E-state index in [9.17, 15) is 9.59 Å². The van der Waals surface area contributed by atoms with Crippen LogP contribution in [0.5, 0.6) is 0 Å². The van der Waals surface area contributed by atoms with Crippen LogP contribution in [0.4, 0.5) is 0 Å². The van der Waals surface area contributed by atoms with E-state index < -0.39 is 6.04 Å². The van der Waals surface area contributed by atoms with E-state index in [1.165, 1.54) is 0 Å². The van der Waals surface area contributed by atoms with Gasteiger partial charge in [0.25, 0.3) is 0 Å². The molecule has 0 saturated carbocycles. The van der Waals surface area contributed by atoms with Crippen molar-refractivity contribution in [2.24, 2.45) is 0 Å². The van der Waals surface area contributed by atoms with Gasteiger partial charge in [0, 0.05) is 17.8 Å². The fourth-order valence-corrected chi connectivity index (χ4v) is 2.82. The molecule has 2 rings (SSSR count). The van der Waals surface area contributed by atoms with Gasteiger partial charge >= 0.3 is 0 Å². The van der Waals surface area contributed by atoms with E-state index in [4.69, 9.17) is 0 Å². The van der Waals surface area contributed by atoms with Crippen LogP contribution in [-0.4, -0.2) is 29.3 Å². The van der Waals surface area contributed by atoms with E-state index in [1.54, 1.807) is 23.2 Å². The molecule has 1 aliphatic rings. The van der Waals surface area contributed by atoms with Crippen molar-refractivity contribution in [3.05, 3.63) is 22.4 Å². The average Bonchev–Trinajstić information content (AvgIpc) is 2.77. The van der Waals surface area contributed by atoms with Gasteiger partial charge in [0.05, 0.1) is 6.04 Å².